The molecule has 0 unspecified atom stereocenters. The van der Waals surface area contributed by atoms with Gasteiger partial charge in [0, 0.05) is 5.02 Å². The fraction of sp³-hybridized carbons (Fsp3) is 0.455. The van der Waals surface area contributed by atoms with Gasteiger partial charge in [-0.05, 0) is 51.2 Å². The number of aryl methyl sites for hydroxylation is 1. The molecule has 1 rings (SSSR count). The molecule has 84 valence electrons. The molecule has 0 aliphatic carbocycles. The lowest BCUT2D eigenvalue weighted by Crippen LogP contribution is -2.13. The second kappa shape index (κ2) is 5.69. The average Bonchev–Trinajstić information content (AvgIpc) is 2.13. The van der Waals surface area contributed by atoms with Gasteiger partial charge in [0.25, 0.3) is 0 Å². The van der Waals surface area contributed by atoms with Crippen LogP contribution in [0.4, 0.5) is 4.39 Å². The van der Waals surface area contributed by atoms with E-state index in [1.807, 2.05) is 14.1 Å². The average molecular weight is 250 g/mol. The first kappa shape index (κ1) is 12.8. The Balaban J connectivity index is 2.65. The molecule has 1 aromatic rings. The van der Waals surface area contributed by atoms with E-state index in [9.17, 15) is 4.39 Å². The zero-order valence-corrected chi connectivity index (χ0v) is 10.4. The van der Waals surface area contributed by atoms with Crippen LogP contribution in [0.2, 0.25) is 10.0 Å². The summed E-state index contributed by atoms with van der Waals surface area (Å²) in [5.41, 5.74) is 0.820. The van der Waals surface area contributed by atoms with E-state index >= 15 is 0 Å². The molecule has 0 saturated carbocycles. The van der Waals surface area contributed by atoms with Crippen molar-refractivity contribution in [2.75, 3.05) is 20.6 Å². The van der Waals surface area contributed by atoms with E-state index in [0.29, 0.717) is 5.02 Å². The molecule has 0 aliphatic heterocycles. The van der Waals surface area contributed by atoms with Crippen molar-refractivity contribution in [1.29, 1.82) is 0 Å². The molecule has 1 aromatic carbocycles. The van der Waals surface area contributed by atoms with E-state index in [1.54, 1.807) is 0 Å². The summed E-state index contributed by atoms with van der Waals surface area (Å²) in [5.74, 6) is -0.402. The van der Waals surface area contributed by atoms with Crippen LogP contribution in [-0.2, 0) is 6.42 Å². The van der Waals surface area contributed by atoms with Gasteiger partial charge in [-0.15, -0.1) is 0 Å². The van der Waals surface area contributed by atoms with Gasteiger partial charge in [0.15, 0.2) is 0 Å². The van der Waals surface area contributed by atoms with Crippen LogP contribution in [0.3, 0.4) is 0 Å². The summed E-state index contributed by atoms with van der Waals surface area (Å²) in [5, 5.41) is 0.622. The zero-order valence-electron chi connectivity index (χ0n) is 8.86. The molecule has 15 heavy (non-hydrogen) atoms. The SMILES string of the molecule is CN(C)CCCc1cc(F)c(Cl)cc1Cl. The number of rotatable bonds is 4. The molecular formula is C11H14Cl2FN. The normalized spacial score (nSPS) is 11.1. The summed E-state index contributed by atoms with van der Waals surface area (Å²) >= 11 is 11.6. The lowest BCUT2D eigenvalue weighted by atomic mass is 10.1. The molecule has 0 radical (unpaired) electrons. The Morgan fingerprint density at radius 1 is 1.20 bits per heavy atom. The highest BCUT2D eigenvalue weighted by Crippen LogP contribution is 2.25. The Labute approximate surface area is 99.8 Å². The minimum Gasteiger partial charge on any atom is -0.309 e. The van der Waals surface area contributed by atoms with Gasteiger partial charge in [0.2, 0.25) is 0 Å². The van der Waals surface area contributed by atoms with Crippen LogP contribution in [0.1, 0.15) is 12.0 Å². The van der Waals surface area contributed by atoms with Crippen molar-refractivity contribution in [2.24, 2.45) is 0 Å². The number of hydrogen-bond acceptors (Lipinski definition) is 1. The quantitative estimate of drug-likeness (QED) is 0.737. The standard InChI is InChI=1S/C11H14Cl2FN/c1-15(2)5-3-4-8-6-11(14)10(13)7-9(8)12/h6-7H,3-5H2,1-2H3. The van der Waals surface area contributed by atoms with Crippen molar-refractivity contribution in [3.05, 3.63) is 33.6 Å². The molecule has 0 saturated heterocycles. The number of halogens is 3. The second-order valence-electron chi connectivity index (χ2n) is 3.76. The third-order valence-electron chi connectivity index (χ3n) is 2.14. The van der Waals surface area contributed by atoms with Crippen molar-refractivity contribution in [2.45, 2.75) is 12.8 Å². The smallest absolute Gasteiger partial charge is 0.142 e. The number of benzene rings is 1. The third kappa shape index (κ3) is 3.98. The van der Waals surface area contributed by atoms with Crippen molar-refractivity contribution in [1.82, 2.24) is 4.90 Å². The van der Waals surface area contributed by atoms with E-state index in [4.69, 9.17) is 23.2 Å². The summed E-state index contributed by atoms with van der Waals surface area (Å²) in [7, 11) is 4.01. The number of hydrogen-bond donors (Lipinski definition) is 0. The third-order valence-corrected chi connectivity index (χ3v) is 2.78. The first-order valence-corrected chi connectivity index (χ1v) is 5.54. The lowest BCUT2D eigenvalue weighted by molar-refractivity contribution is 0.400. The molecule has 0 spiro atoms. The molecule has 0 fully saturated rings. The minimum atomic E-state index is -0.402. The van der Waals surface area contributed by atoms with Crippen LogP contribution in [-0.4, -0.2) is 25.5 Å². The van der Waals surface area contributed by atoms with Gasteiger partial charge in [0.1, 0.15) is 5.82 Å². The molecule has 0 atom stereocenters. The van der Waals surface area contributed by atoms with E-state index in [0.717, 1.165) is 24.9 Å². The zero-order chi connectivity index (χ0) is 11.4. The van der Waals surface area contributed by atoms with Gasteiger partial charge >= 0.3 is 0 Å². The summed E-state index contributed by atoms with van der Waals surface area (Å²) in [4.78, 5) is 2.08. The Bertz CT molecular complexity index is 340. The maximum absolute atomic E-state index is 13.1. The number of nitrogens with zero attached hydrogens (tertiary/aromatic N) is 1. The largest absolute Gasteiger partial charge is 0.309 e. The van der Waals surface area contributed by atoms with Crippen LogP contribution in [0.25, 0.3) is 0 Å². The van der Waals surface area contributed by atoms with Gasteiger partial charge in [0.05, 0.1) is 5.02 Å². The minimum absolute atomic E-state index is 0.0800. The van der Waals surface area contributed by atoms with Crippen LogP contribution in [0.15, 0.2) is 12.1 Å². The topological polar surface area (TPSA) is 3.24 Å². The predicted molar refractivity (Wildman–Crippen MR) is 63.3 cm³/mol. The van der Waals surface area contributed by atoms with Crippen LogP contribution in [0.5, 0.6) is 0 Å². The molecule has 0 heterocycles. The van der Waals surface area contributed by atoms with Gasteiger partial charge in [-0.25, -0.2) is 4.39 Å². The summed E-state index contributed by atoms with van der Waals surface area (Å²) in [6.45, 7) is 0.959. The van der Waals surface area contributed by atoms with Crippen molar-refractivity contribution in [3.63, 3.8) is 0 Å². The van der Waals surface area contributed by atoms with Crippen molar-refractivity contribution < 1.29 is 4.39 Å². The maximum atomic E-state index is 13.1. The summed E-state index contributed by atoms with van der Waals surface area (Å²) in [6, 6.07) is 2.88. The molecule has 0 amide bonds. The van der Waals surface area contributed by atoms with Crippen molar-refractivity contribution in [3.8, 4) is 0 Å². The highest BCUT2D eigenvalue weighted by Gasteiger charge is 2.06. The van der Waals surface area contributed by atoms with Gasteiger partial charge in [-0.3, -0.25) is 0 Å². The molecule has 0 aliphatic rings. The molecule has 0 bridgehead atoms. The second-order valence-corrected chi connectivity index (χ2v) is 4.58. The first-order chi connectivity index (χ1) is 7.00. The monoisotopic (exact) mass is 249 g/mol. The van der Waals surface area contributed by atoms with Gasteiger partial charge in [-0.2, -0.15) is 0 Å². The maximum Gasteiger partial charge on any atom is 0.142 e. The van der Waals surface area contributed by atoms with E-state index < -0.39 is 5.82 Å². The van der Waals surface area contributed by atoms with Gasteiger partial charge < -0.3 is 4.90 Å². The Kier molecular flexibility index (Phi) is 4.84. The first-order valence-electron chi connectivity index (χ1n) is 4.79. The van der Waals surface area contributed by atoms with Crippen molar-refractivity contribution >= 4 is 23.2 Å². The molecular weight excluding hydrogens is 236 g/mol. The Morgan fingerprint density at radius 2 is 1.87 bits per heavy atom. The summed E-state index contributed by atoms with van der Waals surface area (Å²) < 4.78 is 13.1. The summed E-state index contributed by atoms with van der Waals surface area (Å²) in [6.07, 6.45) is 1.72. The fourth-order valence-corrected chi connectivity index (χ4v) is 1.82. The van der Waals surface area contributed by atoms with Crippen LogP contribution >= 0.6 is 23.2 Å². The lowest BCUT2D eigenvalue weighted by Gasteiger charge is -2.10. The Morgan fingerprint density at radius 3 is 2.47 bits per heavy atom. The van der Waals surface area contributed by atoms with Crippen LogP contribution in [0, 0.1) is 5.82 Å². The molecule has 0 aromatic heterocycles. The molecule has 4 heteroatoms. The molecule has 0 N–H and O–H groups in total. The van der Waals surface area contributed by atoms with E-state index in [-0.39, 0.29) is 5.02 Å². The Hall–Kier alpha value is -0.310. The fourth-order valence-electron chi connectivity index (χ4n) is 1.34. The highest BCUT2D eigenvalue weighted by atomic mass is 35.5. The highest BCUT2D eigenvalue weighted by molar-refractivity contribution is 6.35. The van der Waals surface area contributed by atoms with Crippen LogP contribution < -0.4 is 0 Å². The van der Waals surface area contributed by atoms with Gasteiger partial charge in [-0.1, -0.05) is 23.2 Å². The van der Waals surface area contributed by atoms with E-state index in [2.05, 4.69) is 4.90 Å². The predicted octanol–water partition coefficient (Wildman–Crippen LogP) is 3.63. The van der Waals surface area contributed by atoms with E-state index in [1.165, 1.54) is 12.1 Å². The molecule has 1 nitrogen and oxygen atoms in total.